The number of allylic oxidation sites excluding steroid dienone is 13. The molecule has 1 amide bonds. The highest BCUT2D eigenvalue weighted by molar-refractivity contribution is 7.47. The Morgan fingerprint density at radius 2 is 0.958 bits per heavy atom. The summed E-state index contributed by atoms with van der Waals surface area (Å²) in [5.74, 6) is -0.538. The second-order valence-electron chi connectivity index (χ2n) is 20.5. The van der Waals surface area contributed by atoms with Gasteiger partial charge in [-0.2, -0.15) is 0 Å². The Balaban J connectivity index is 5.33. The lowest BCUT2D eigenvalue weighted by Crippen LogP contribution is -2.47. The van der Waals surface area contributed by atoms with E-state index in [1.165, 1.54) is 96.3 Å². The number of phosphoric acid groups is 1. The molecule has 0 aliphatic rings. The van der Waals surface area contributed by atoms with Gasteiger partial charge in [0.2, 0.25) is 5.91 Å². The van der Waals surface area contributed by atoms with Gasteiger partial charge >= 0.3 is 13.8 Å². The van der Waals surface area contributed by atoms with E-state index < -0.39 is 20.0 Å². The number of quaternary nitrogens is 1. The minimum absolute atomic E-state index is 0.0316. The zero-order valence-electron chi connectivity index (χ0n) is 46.7. The van der Waals surface area contributed by atoms with Crippen LogP contribution >= 0.6 is 7.82 Å². The first kappa shape index (κ1) is 68.2. The number of amides is 1. The van der Waals surface area contributed by atoms with Crippen molar-refractivity contribution in [2.45, 2.75) is 251 Å². The summed E-state index contributed by atoms with van der Waals surface area (Å²) in [5, 5.41) is 3.04. The summed E-state index contributed by atoms with van der Waals surface area (Å²) in [4.78, 5) is 37.6. The number of likely N-dealkylation sites (N-methyl/N-ethyl adjacent to an activating group) is 1. The van der Waals surface area contributed by atoms with Crippen LogP contribution in [-0.4, -0.2) is 74.3 Å². The van der Waals surface area contributed by atoms with Crippen LogP contribution in [-0.2, 0) is 27.9 Å². The fourth-order valence-electron chi connectivity index (χ4n) is 7.89. The van der Waals surface area contributed by atoms with Crippen LogP contribution < -0.4 is 5.32 Å². The summed E-state index contributed by atoms with van der Waals surface area (Å²) in [6.45, 7) is 6.82. The van der Waals surface area contributed by atoms with Crippen LogP contribution in [0.2, 0.25) is 0 Å². The zero-order chi connectivity index (χ0) is 52.2. The van der Waals surface area contributed by atoms with Gasteiger partial charge in [0, 0.05) is 12.8 Å². The standard InChI is InChI=1S/C61H109N2O7P/c1-7-10-13-16-19-22-25-27-29-30-31-32-34-35-38-41-44-47-50-53-60(64)62-58(57-69-71(66,67)68-56-55-63(4,5)6)59(52-49-46-43-40-37-24-21-18-15-12-9-3)70-61(65)54-51-48-45-42-39-36-33-28-26-23-20-17-14-11-8-2/h11,14,17,19-20,22-23,26-27,29,31-32,49,52,58-59H,7-10,12-13,15-16,18,21,24-25,28,30,33-48,50-51,53-57H2,1-6H3,(H-,62,64,66,67)/p+1/b14-11+,20-17+,22-19-,26-23+,29-27-,32-31-,52-49-. The quantitative estimate of drug-likeness (QED) is 0.0156. The van der Waals surface area contributed by atoms with Gasteiger partial charge in [-0.15, -0.1) is 0 Å². The third kappa shape index (κ3) is 51.9. The second-order valence-corrected chi connectivity index (χ2v) is 21.9. The highest BCUT2D eigenvalue weighted by Gasteiger charge is 2.30. The predicted octanol–water partition coefficient (Wildman–Crippen LogP) is 17.4. The van der Waals surface area contributed by atoms with Crippen molar-refractivity contribution in [3.05, 3.63) is 85.1 Å². The number of nitrogens with zero attached hydrogens (tertiary/aromatic N) is 1. The molecule has 0 saturated heterocycles. The number of unbranched alkanes of at least 4 members (excludes halogenated alkanes) is 25. The normalized spacial score (nSPS) is 14.4. The van der Waals surface area contributed by atoms with E-state index in [0.29, 0.717) is 17.4 Å². The van der Waals surface area contributed by atoms with E-state index in [1.807, 2.05) is 33.3 Å². The summed E-state index contributed by atoms with van der Waals surface area (Å²) in [7, 11) is 1.47. The molecule has 410 valence electrons. The van der Waals surface area contributed by atoms with Crippen molar-refractivity contribution in [3.8, 4) is 0 Å². The van der Waals surface area contributed by atoms with Crippen molar-refractivity contribution in [2.24, 2.45) is 0 Å². The van der Waals surface area contributed by atoms with Gasteiger partial charge in [-0.3, -0.25) is 18.6 Å². The minimum Gasteiger partial charge on any atom is -0.456 e. The molecule has 0 aromatic carbocycles. The number of phosphoric ester groups is 1. The van der Waals surface area contributed by atoms with Crippen molar-refractivity contribution in [1.29, 1.82) is 0 Å². The lowest BCUT2D eigenvalue weighted by molar-refractivity contribution is -0.870. The number of rotatable bonds is 51. The average Bonchev–Trinajstić information content (AvgIpc) is 3.33. The summed E-state index contributed by atoms with van der Waals surface area (Å²) in [6, 6.07) is -0.863. The molecule has 3 unspecified atom stereocenters. The fourth-order valence-corrected chi connectivity index (χ4v) is 8.62. The minimum atomic E-state index is -4.45. The molecule has 0 fully saturated rings. The molecule has 0 aromatic rings. The van der Waals surface area contributed by atoms with Gasteiger partial charge in [0.25, 0.3) is 0 Å². The fraction of sp³-hybridized carbons (Fsp3) is 0.738. The van der Waals surface area contributed by atoms with Crippen LogP contribution in [0.3, 0.4) is 0 Å². The number of hydrogen-bond acceptors (Lipinski definition) is 6. The molecule has 0 aliphatic carbocycles. The Kier molecular flexibility index (Phi) is 48.7. The summed E-state index contributed by atoms with van der Waals surface area (Å²) >= 11 is 0. The molecule has 2 N–H and O–H groups in total. The number of carbonyl (C=O) groups is 2. The molecule has 0 bridgehead atoms. The van der Waals surface area contributed by atoms with Gasteiger partial charge in [0.05, 0.1) is 33.8 Å². The Hall–Kier alpha value is -2.81. The average molecular weight is 1010 g/mol. The van der Waals surface area contributed by atoms with Crippen LogP contribution in [0.25, 0.3) is 0 Å². The maximum Gasteiger partial charge on any atom is 0.472 e. The first-order chi connectivity index (χ1) is 34.4. The van der Waals surface area contributed by atoms with Gasteiger partial charge < -0.3 is 19.4 Å². The molecule has 0 saturated carbocycles. The van der Waals surface area contributed by atoms with E-state index in [4.69, 9.17) is 13.8 Å². The monoisotopic (exact) mass is 1010 g/mol. The topological polar surface area (TPSA) is 111 Å². The maximum absolute atomic E-state index is 13.5. The third-order valence-corrected chi connectivity index (χ3v) is 13.4. The molecular weight excluding hydrogens is 904 g/mol. The first-order valence-corrected chi connectivity index (χ1v) is 30.4. The van der Waals surface area contributed by atoms with Crippen LogP contribution in [0, 0.1) is 0 Å². The summed E-state index contributed by atoms with van der Waals surface area (Å²) < 4.78 is 30.6. The van der Waals surface area contributed by atoms with Gasteiger partial charge in [0.15, 0.2) is 0 Å². The Bertz CT molecular complexity index is 1490. The largest absolute Gasteiger partial charge is 0.472 e. The lowest BCUT2D eigenvalue weighted by atomic mass is 10.1. The maximum atomic E-state index is 13.5. The third-order valence-electron chi connectivity index (χ3n) is 12.4. The van der Waals surface area contributed by atoms with Gasteiger partial charge in [-0.25, -0.2) is 4.57 Å². The Morgan fingerprint density at radius 3 is 1.49 bits per heavy atom. The lowest BCUT2D eigenvalue weighted by Gasteiger charge is -2.27. The number of carbonyl (C=O) groups excluding carboxylic acids is 2. The molecule has 9 nitrogen and oxygen atoms in total. The van der Waals surface area contributed by atoms with Crippen LogP contribution in [0.5, 0.6) is 0 Å². The van der Waals surface area contributed by atoms with Crippen LogP contribution in [0.1, 0.15) is 239 Å². The number of esters is 1. The molecule has 0 aliphatic heterocycles. The van der Waals surface area contributed by atoms with Crippen molar-refractivity contribution >= 4 is 19.7 Å². The molecule has 0 rings (SSSR count). The SMILES string of the molecule is CC/C=C/C=C/C=C/CCCCCCCCCC(=O)OC(/C=C\CCCCCCCCCCC)C(COP(=O)(O)OCC[N+](C)(C)C)NC(=O)CCCCCCCC/C=C\C/C=C\C/C=C\CCCCC. The molecule has 10 heteroatoms. The second kappa shape index (κ2) is 50.7. The van der Waals surface area contributed by atoms with E-state index in [0.717, 1.165) is 109 Å². The molecule has 0 radical (unpaired) electrons. The molecule has 71 heavy (non-hydrogen) atoms. The smallest absolute Gasteiger partial charge is 0.456 e. The zero-order valence-corrected chi connectivity index (χ0v) is 47.6. The van der Waals surface area contributed by atoms with Crippen LogP contribution in [0.15, 0.2) is 85.1 Å². The first-order valence-electron chi connectivity index (χ1n) is 28.9. The van der Waals surface area contributed by atoms with Gasteiger partial charge in [0.1, 0.15) is 19.3 Å². The number of ether oxygens (including phenoxy) is 1. The summed E-state index contributed by atoms with van der Waals surface area (Å²) in [5.41, 5.74) is 0. The van der Waals surface area contributed by atoms with E-state index >= 15 is 0 Å². The van der Waals surface area contributed by atoms with E-state index in [-0.39, 0.29) is 31.5 Å². The Labute approximate surface area is 437 Å². The highest BCUT2D eigenvalue weighted by Crippen LogP contribution is 2.43. The molecular formula is C61H110N2O7P+. The van der Waals surface area contributed by atoms with Crippen molar-refractivity contribution in [2.75, 3.05) is 40.9 Å². The van der Waals surface area contributed by atoms with Crippen molar-refractivity contribution < 1.29 is 37.3 Å². The number of nitrogens with one attached hydrogen (secondary N) is 1. The Morgan fingerprint density at radius 1 is 0.521 bits per heavy atom. The molecule has 0 aromatic heterocycles. The van der Waals surface area contributed by atoms with E-state index in [1.54, 1.807) is 0 Å². The summed E-state index contributed by atoms with van der Waals surface area (Å²) in [6.07, 6.45) is 65.7. The van der Waals surface area contributed by atoms with E-state index in [2.05, 4.69) is 99.0 Å². The molecule has 0 heterocycles. The molecule has 3 atom stereocenters. The van der Waals surface area contributed by atoms with Gasteiger partial charge in [-0.1, -0.05) is 222 Å². The number of hydrogen-bond donors (Lipinski definition) is 2. The van der Waals surface area contributed by atoms with Gasteiger partial charge in [-0.05, 0) is 89.5 Å². The van der Waals surface area contributed by atoms with Crippen molar-refractivity contribution in [3.63, 3.8) is 0 Å². The highest BCUT2D eigenvalue weighted by atomic mass is 31.2. The van der Waals surface area contributed by atoms with E-state index in [9.17, 15) is 19.0 Å². The molecule has 0 spiro atoms. The van der Waals surface area contributed by atoms with Crippen molar-refractivity contribution in [1.82, 2.24) is 5.32 Å². The van der Waals surface area contributed by atoms with Crippen LogP contribution in [0.4, 0.5) is 0 Å². The predicted molar refractivity (Wildman–Crippen MR) is 304 cm³/mol.